The summed E-state index contributed by atoms with van der Waals surface area (Å²) >= 11 is 0. The van der Waals surface area contributed by atoms with E-state index in [-0.39, 0.29) is 37.3 Å². The summed E-state index contributed by atoms with van der Waals surface area (Å²) in [7, 11) is 0. The molecule has 0 saturated carbocycles. The first-order valence-electron chi connectivity index (χ1n) is 21.2. The Morgan fingerprint density at radius 1 is 0.678 bits per heavy atom. The van der Waals surface area contributed by atoms with Gasteiger partial charge >= 0.3 is 0 Å². The fraction of sp³-hybridized carbons (Fsp3) is 0.327. The number of hydrogen-bond donors (Lipinski definition) is 0. The largest absolute Gasteiger partial charge is 0.508 e. The van der Waals surface area contributed by atoms with E-state index in [2.05, 4.69) is 145 Å². The van der Waals surface area contributed by atoms with Gasteiger partial charge in [0.15, 0.2) is 0 Å². The Balaban J connectivity index is 0.00000561. The van der Waals surface area contributed by atoms with Gasteiger partial charge in [-0.05, 0) is 98.4 Å². The molecule has 0 aliphatic heterocycles. The molecule has 306 valence electrons. The summed E-state index contributed by atoms with van der Waals surface area (Å²) in [6.07, 6.45) is 7.32. The Hall–Kier alpha value is -5.06. The molecule has 4 heterocycles. The topological polar surface area (TPSA) is 48.8 Å². The average Bonchev–Trinajstić information content (AvgIpc) is 3.72. The first kappa shape index (κ1) is 39.4. The number of pyridine rings is 2. The van der Waals surface area contributed by atoms with Crippen molar-refractivity contribution in [3.8, 4) is 28.7 Å². The van der Waals surface area contributed by atoms with Gasteiger partial charge in [0.2, 0.25) is 0 Å². The summed E-state index contributed by atoms with van der Waals surface area (Å²) in [6.45, 7) is 25.8. The molecule has 6 nitrogen and oxygen atoms in total. The average molecular weight is 963 g/mol. The maximum atomic E-state index is 9.18. The summed E-state index contributed by atoms with van der Waals surface area (Å²) in [5.74, 6) is 1.76. The van der Waals surface area contributed by atoms with Crippen molar-refractivity contribution in [1.29, 1.82) is 0 Å². The van der Waals surface area contributed by atoms with Crippen LogP contribution < -0.4 is 9.30 Å². The van der Waals surface area contributed by atoms with Crippen LogP contribution in [0.1, 0.15) is 108 Å². The number of aromatic nitrogens is 5. The van der Waals surface area contributed by atoms with E-state index in [1.165, 1.54) is 16.7 Å². The van der Waals surface area contributed by atoms with Crippen molar-refractivity contribution >= 4 is 32.8 Å². The SMILES string of the molecule is [2H]C([2H])(c1ccc2c(c1)[n+](-c1cc(C(C)(C)C)cc(C(C)(C)C)c1)[c-]n2-c1[c-]c(Oc2[c-]c3c(cc2)c2ccccc2n3-c2cc(C(C)(C)C)ccn2)cnc1)C(C)(C)C.[Pt]. The zero-order valence-corrected chi connectivity index (χ0v) is 38.5. The Morgan fingerprint density at radius 3 is 2.05 bits per heavy atom. The van der Waals surface area contributed by atoms with E-state index in [9.17, 15) is 2.74 Å². The maximum absolute atomic E-state index is 9.18. The van der Waals surface area contributed by atoms with Crippen LogP contribution in [0.15, 0.2) is 104 Å². The molecule has 0 saturated heterocycles. The molecule has 0 amide bonds. The summed E-state index contributed by atoms with van der Waals surface area (Å²) in [5.41, 5.74) is 8.47. The maximum Gasteiger partial charge on any atom is 0.268 e. The van der Waals surface area contributed by atoms with Crippen molar-refractivity contribution in [2.45, 2.75) is 106 Å². The minimum absolute atomic E-state index is 0. The molecule has 0 unspecified atom stereocenters. The van der Waals surface area contributed by atoms with E-state index >= 15 is 0 Å². The molecule has 8 rings (SSSR count). The first-order chi connectivity index (χ1) is 28.0. The van der Waals surface area contributed by atoms with Crippen LogP contribution in [-0.4, -0.2) is 19.1 Å². The smallest absolute Gasteiger partial charge is 0.268 e. The predicted molar refractivity (Wildman–Crippen MR) is 237 cm³/mol. The van der Waals surface area contributed by atoms with Crippen molar-refractivity contribution in [3.63, 3.8) is 0 Å². The van der Waals surface area contributed by atoms with Crippen LogP contribution >= 0.6 is 0 Å². The second-order valence-corrected chi connectivity index (χ2v) is 19.6. The number of ether oxygens (including phenoxy) is 1. The van der Waals surface area contributed by atoms with E-state index in [1.54, 1.807) is 12.4 Å². The molecule has 0 fully saturated rings. The van der Waals surface area contributed by atoms with Crippen LogP contribution in [0.4, 0.5) is 0 Å². The minimum Gasteiger partial charge on any atom is -0.508 e. The van der Waals surface area contributed by atoms with Gasteiger partial charge in [0.05, 0.1) is 16.7 Å². The molecule has 59 heavy (non-hydrogen) atoms. The van der Waals surface area contributed by atoms with Crippen LogP contribution in [0.3, 0.4) is 0 Å². The molecule has 0 aliphatic rings. The van der Waals surface area contributed by atoms with E-state index in [4.69, 9.17) is 9.72 Å². The number of nitrogens with zero attached hydrogens (tertiary/aromatic N) is 5. The second kappa shape index (κ2) is 15.2. The molecule has 0 atom stereocenters. The quantitative estimate of drug-likeness (QED) is 0.123. The Morgan fingerprint density at radius 2 is 1.37 bits per heavy atom. The summed E-state index contributed by atoms with van der Waals surface area (Å²) in [6, 6.07) is 36.2. The zero-order chi connectivity index (χ0) is 43.2. The van der Waals surface area contributed by atoms with Crippen molar-refractivity contribution in [1.82, 2.24) is 19.1 Å². The number of imidazole rings is 1. The molecule has 4 aromatic heterocycles. The van der Waals surface area contributed by atoms with E-state index < -0.39 is 11.8 Å². The van der Waals surface area contributed by atoms with Crippen LogP contribution in [0, 0.1) is 23.9 Å². The predicted octanol–water partition coefficient (Wildman–Crippen LogP) is 12.5. The molecule has 0 bridgehead atoms. The monoisotopic (exact) mass is 962 g/mol. The second-order valence-electron chi connectivity index (χ2n) is 19.6. The zero-order valence-electron chi connectivity index (χ0n) is 38.3. The third kappa shape index (κ3) is 8.52. The van der Waals surface area contributed by atoms with Crippen LogP contribution in [0.25, 0.3) is 50.0 Å². The van der Waals surface area contributed by atoms with Gasteiger partial charge in [0.25, 0.3) is 6.33 Å². The number of fused-ring (bicyclic) bond motifs is 4. The van der Waals surface area contributed by atoms with Gasteiger partial charge < -0.3 is 18.9 Å². The van der Waals surface area contributed by atoms with E-state index in [0.717, 1.165) is 44.3 Å². The van der Waals surface area contributed by atoms with Crippen molar-refractivity contribution in [2.75, 3.05) is 0 Å². The minimum atomic E-state index is -1.60. The number of rotatable bonds is 6. The number of benzene rings is 4. The van der Waals surface area contributed by atoms with Crippen molar-refractivity contribution in [3.05, 3.63) is 144 Å². The molecule has 0 aliphatic carbocycles. The normalized spacial score (nSPS) is 13.4. The van der Waals surface area contributed by atoms with Crippen LogP contribution in [0.5, 0.6) is 11.5 Å². The molecule has 7 heteroatoms. The Labute approximate surface area is 367 Å². The number of para-hydroxylation sites is 1. The van der Waals surface area contributed by atoms with Crippen molar-refractivity contribution < 1.29 is 33.1 Å². The molecule has 0 N–H and O–H groups in total. The molecule has 8 aromatic rings. The van der Waals surface area contributed by atoms with Gasteiger partial charge in [0, 0.05) is 47.0 Å². The van der Waals surface area contributed by atoms with Gasteiger partial charge in [-0.1, -0.05) is 137 Å². The van der Waals surface area contributed by atoms with Gasteiger partial charge in [0.1, 0.15) is 5.82 Å². The third-order valence-electron chi connectivity index (χ3n) is 10.6. The molecular weight excluding hydrogens is 906 g/mol. The standard InChI is InChI=1S/C52H55N5O.Pt/c1-49(2,3)30-34-17-20-45-47(23-34)55(38-25-36(51(7,8)9)24-37(26-38)52(10,11)12)33-56(45)39-28-41(32-53-31-39)58-40-18-19-43-42-15-13-14-16-44(42)57(46(43)29-40)48-27-35(21-22-54-48)50(4,5)6;/h13-27,31-32H,30H2,1-12H3;/q-2;/i30D2;. The Bertz CT molecular complexity index is 2900. The fourth-order valence-electron chi connectivity index (χ4n) is 7.43. The molecule has 0 spiro atoms. The third-order valence-corrected chi connectivity index (χ3v) is 10.6. The van der Waals surface area contributed by atoms with Crippen LogP contribution in [0.2, 0.25) is 0 Å². The van der Waals surface area contributed by atoms with Gasteiger partial charge in [-0.15, -0.1) is 23.6 Å². The summed E-state index contributed by atoms with van der Waals surface area (Å²) in [4.78, 5) is 9.45. The fourth-order valence-corrected chi connectivity index (χ4v) is 7.43. The van der Waals surface area contributed by atoms with E-state index in [0.29, 0.717) is 22.7 Å². The Kier molecular flexibility index (Phi) is 10.1. The van der Waals surface area contributed by atoms with Gasteiger partial charge in [-0.2, -0.15) is 6.07 Å². The summed E-state index contributed by atoms with van der Waals surface area (Å²) < 4.78 is 31.0. The van der Waals surface area contributed by atoms with Gasteiger partial charge in [-0.25, -0.2) is 4.98 Å². The molecule has 0 radical (unpaired) electrons. The molecule has 4 aromatic carbocycles. The van der Waals surface area contributed by atoms with Crippen LogP contribution in [-0.2, 0) is 43.7 Å². The number of hydrogen-bond acceptors (Lipinski definition) is 3. The first-order valence-corrected chi connectivity index (χ1v) is 20.2. The van der Waals surface area contributed by atoms with Gasteiger partial charge in [-0.3, -0.25) is 4.57 Å². The van der Waals surface area contributed by atoms with E-state index in [1.807, 2.05) is 66.4 Å². The summed E-state index contributed by atoms with van der Waals surface area (Å²) in [5, 5.41) is 2.16. The molecular formula is C52H55N5OPt-2. The van der Waals surface area contributed by atoms with Crippen molar-refractivity contribution in [2.24, 2.45) is 5.41 Å².